The molecule has 10 heteroatoms. The molecular formula is C28H33F2NO6S. The third-order valence-electron chi connectivity index (χ3n) is 6.00. The molecule has 0 heterocycles. The lowest BCUT2D eigenvalue weighted by molar-refractivity contribution is -0.0512. The summed E-state index contributed by atoms with van der Waals surface area (Å²) in [5, 5.41) is 24.1. The van der Waals surface area contributed by atoms with Crippen molar-refractivity contribution in [3.63, 3.8) is 0 Å². The smallest absolute Gasteiger partial charge is 0.387 e. The van der Waals surface area contributed by atoms with Crippen molar-refractivity contribution in [2.75, 3.05) is 19.9 Å². The van der Waals surface area contributed by atoms with Crippen LogP contribution in [-0.4, -0.2) is 51.3 Å². The molecule has 3 N–H and O–H groups in total. The van der Waals surface area contributed by atoms with Gasteiger partial charge in [0.05, 0.1) is 19.0 Å². The molecule has 0 aliphatic rings. The van der Waals surface area contributed by atoms with Gasteiger partial charge in [-0.25, -0.2) is 8.42 Å². The van der Waals surface area contributed by atoms with E-state index < -0.39 is 22.6 Å². The first-order chi connectivity index (χ1) is 18.0. The minimum Gasteiger partial charge on any atom is -0.508 e. The molecule has 0 bridgehead atoms. The van der Waals surface area contributed by atoms with E-state index in [-0.39, 0.29) is 47.6 Å². The zero-order valence-corrected chi connectivity index (χ0v) is 22.1. The van der Waals surface area contributed by atoms with Crippen LogP contribution < -0.4 is 14.8 Å². The summed E-state index contributed by atoms with van der Waals surface area (Å²) >= 11 is 0. The van der Waals surface area contributed by atoms with Crippen molar-refractivity contribution in [1.82, 2.24) is 5.32 Å². The Bertz CT molecular complexity index is 1290. The topological polar surface area (TPSA) is 105 Å². The highest BCUT2D eigenvalue weighted by Gasteiger charge is 2.18. The predicted molar refractivity (Wildman–Crippen MR) is 141 cm³/mol. The Morgan fingerprint density at radius 1 is 0.974 bits per heavy atom. The number of sulfone groups is 1. The fourth-order valence-corrected chi connectivity index (χ4v) is 5.02. The van der Waals surface area contributed by atoms with Crippen LogP contribution in [0.25, 0.3) is 0 Å². The third-order valence-corrected chi connectivity index (χ3v) is 6.84. The molecule has 0 radical (unpaired) electrons. The number of ether oxygens (including phenoxy) is 2. The molecule has 206 valence electrons. The Kier molecular flexibility index (Phi) is 10.5. The van der Waals surface area contributed by atoms with Crippen molar-refractivity contribution < 1.29 is 36.9 Å². The number of rotatable bonds is 14. The first kappa shape index (κ1) is 29.3. The third kappa shape index (κ3) is 9.27. The van der Waals surface area contributed by atoms with E-state index >= 15 is 0 Å². The molecule has 0 spiro atoms. The number of hydrogen-bond acceptors (Lipinski definition) is 7. The number of hydrogen-bond donors (Lipinski definition) is 3. The van der Waals surface area contributed by atoms with Crippen LogP contribution in [0.4, 0.5) is 8.78 Å². The lowest BCUT2D eigenvalue weighted by atomic mass is 9.97. The van der Waals surface area contributed by atoms with Gasteiger partial charge in [-0.05, 0) is 54.2 Å². The van der Waals surface area contributed by atoms with Crippen molar-refractivity contribution in [2.24, 2.45) is 0 Å². The zero-order valence-electron chi connectivity index (χ0n) is 21.3. The van der Waals surface area contributed by atoms with Crippen molar-refractivity contribution in [2.45, 2.75) is 43.8 Å². The number of methoxy groups -OCH3 is 1. The van der Waals surface area contributed by atoms with Gasteiger partial charge < -0.3 is 25.0 Å². The largest absolute Gasteiger partial charge is 0.508 e. The molecule has 0 saturated carbocycles. The number of aliphatic hydroxyl groups is 1. The van der Waals surface area contributed by atoms with Gasteiger partial charge in [-0.1, -0.05) is 48.5 Å². The number of nitrogens with one attached hydrogen (secondary N) is 1. The average molecular weight is 550 g/mol. The van der Waals surface area contributed by atoms with E-state index in [1.807, 2.05) is 30.3 Å². The van der Waals surface area contributed by atoms with Gasteiger partial charge in [0.2, 0.25) is 0 Å². The summed E-state index contributed by atoms with van der Waals surface area (Å²) in [6, 6.07) is 19.1. The molecule has 3 rings (SSSR count). The van der Waals surface area contributed by atoms with E-state index in [0.717, 1.165) is 23.8 Å². The van der Waals surface area contributed by atoms with E-state index in [2.05, 4.69) is 10.1 Å². The number of halogens is 2. The quantitative estimate of drug-likeness (QED) is 0.274. The molecule has 0 unspecified atom stereocenters. The maximum absolute atomic E-state index is 12.8. The normalized spacial score (nSPS) is 13.3. The summed E-state index contributed by atoms with van der Waals surface area (Å²) in [5.41, 5.74) is 2.88. The Labute approximate surface area is 222 Å². The zero-order chi connectivity index (χ0) is 27.7. The van der Waals surface area contributed by atoms with Crippen LogP contribution in [0.2, 0.25) is 0 Å². The van der Waals surface area contributed by atoms with E-state index in [9.17, 15) is 27.4 Å². The predicted octanol–water partition coefficient (Wildman–Crippen LogP) is 4.41. The second-order valence-electron chi connectivity index (χ2n) is 9.17. The summed E-state index contributed by atoms with van der Waals surface area (Å²) in [6.07, 6.45) is 1.91. The molecule has 0 aliphatic carbocycles. The van der Waals surface area contributed by atoms with Gasteiger partial charge in [0.15, 0.2) is 21.3 Å². The standard InChI is InChI=1S/C28H33F2NO6S/c1-36-27-16-21(10-13-26(27)37-28(29)30)24(11-8-19-6-4-3-5-7-19)31-17-23(32)15-20-9-12-25(33)22(14-20)18-38(2,34)35/h3-7,9-10,12-14,16,23-24,28,31-33H,8,11,15,17-18H2,1-2H3/t23-,24+/m0/s1. The number of aryl methyl sites for hydroxylation is 1. The maximum Gasteiger partial charge on any atom is 0.387 e. The average Bonchev–Trinajstić information content (AvgIpc) is 2.86. The molecule has 3 aromatic rings. The van der Waals surface area contributed by atoms with Gasteiger partial charge in [-0.3, -0.25) is 0 Å². The Hall–Kier alpha value is -3.21. The Morgan fingerprint density at radius 2 is 1.71 bits per heavy atom. The molecule has 0 fully saturated rings. The van der Waals surface area contributed by atoms with Gasteiger partial charge >= 0.3 is 6.61 Å². The van der Waals surface area contributed by atoms with E-state index in [4.69, 9.17) is 4.74 Å². The molecule has 3 aromatic carbocycles. The highest BCUT2D eigenvalue weighted by Crippen LogP contribution is 2.33. The van der Waals surface area contributed by atoms with Crippen LogP contribution in [0.1, 0.15) is 34.7 Å². The number of phenols is 1. The molecule has 2 atom stereocenters. The van der Waals surface area contributed by atoms with Crippen LogP contribution in [0.3, 0.4) is 0 Å². The lowest BCUT2D eigenvalue weighted by Gasteiger charge is -2.23. The molecule has 0 amide bonds. The highest BCUT2D eigenvalue weighted by atomic mass is 32.2. The minimum absolute atomic E-state index is 0.0645. The maximum atomic E-state index is 12.8. The molecular weight excluding hydrogens is 516 g/mol. The van der Waals surface area contributed by atoms with Crippen LogP contribution in [-0.2, 0) is 28.4 Å². The summed E-state index contributed by atoms with van der Waals surface area (Å²) in [6.45, 7) is -2.77. The van der Waals surface area contributed by atoms with E-state index in [1.165, 1.54) is 19.2 Å². The van der Waals surface area contributed by atoms with Crippen molar-refractivity contribution in [3.05, 3.63) is 89.0 Å². The fraction of sp³-hybridized carbons (Fsp3) is 0.357. The SMILES string of the molecule is COc1cc([C@@H](CCc2ccccc2)NC[C@@H](O)Cc2ccc(O)c(CS(C)(=O)=O)c2)ccc1OC(F)F. The van der Waals surface area contributed by atoms with Crippen LogP contribution >= 0.6 is 0 Å². The van der Waals surface area contributed by atoms with Gasteiger partial charge in [0.1, 0.15) is 5.75 Å². The first-order valence-corrected chi connectivity index (χ1v) is 14.2. The number of aromatic hydroxyl groups is 1. The minimum atomic E-state index is -3.34. The fourth-order valence-electron chi connectivity index (χ4n) is 4.22. The van der Waals surface area contributed by atoms with Crippen molar-refractivity contribution in [1.29, 1.82) is 0 Å². The number of benzene rings is 3. The molecule has 38 heavy (non-hydrogen) atoms. The van der Waals surface area contributed by atoms with E-state index in [0.29, 0.717) is 12.0 Å². The summed E-state index contributed by atoms with van der Waals surface area (Å²) in [5.74, 6) is -0.293. The van der Waals surface area contributed by atoms with Gasteiger partial charge in [-0.15, -0.1) is 0 Å². The summed E-state index contributed by atoms with van der Waals surface area (Å²) in [4.78, 5) is 0. The molecule has 0 aromatic heterocycles. The number of alkyl halides is 2. The summed E-state index contributed by atoms with van der Waals surface area (Å²) < 4.78 is 58.6. The van der Waals surface area contributed by atoms with Crippen molar-refractivity contribution >= 4 is 9.84 Å². The number of aliphatic hydroxyl groups excluding tert-OH is 1. The summed E-state index contributed by atoms with van der Waals surface area (Å²) in [7, 11) is -1.96. The molecule has 0 aliphatic heterocycles. The van der Waals surface area contributed by atoms with Gasteiger partial charge in [0, 0.05) is 24.4 Å². The first-order valence-electron chi connectivity index (χ1n) is 12.1. The highest BCUT2D eigenvalue weighted by molar-refractivity contribution is 7.89. The van der Waals surface area contributed by atoms with Crippen molar-refractivity contribution in [3.8, 4) is 17.2 Å². The monoisotopic (exact) mass is 549 g/mol. The van der Waals surface area contributed by atoms with Crippen LogP contribution in [0, 0.1) is 0 Å². The Morgan fingerprint density at radius 3 is 2.37 bits per heavy atom. The van der Waals surface area contributed by atoms with Crippen LogP contribution in [0.15, 0.2) is 66.7 Å². The van der Waals surface area contributed by atoms with Crippen LogP contribution in [0.5, 0.6) is 17.2 Å². The van der Waals surface area contributed by atoms with Gasteiger partial charge in [0.25, 0.3) is 0 Å². The second-order valence-corrected chi connectivity index (χ2v) is 11.3. The second kappa shape index (κ2) is 13.5. The Balaban J connectivity index is 1.74. The van der Waals surface area contributed by atoms with E-state index in [1.54, 1.807) is 24.3 Å². The molecule has 0 saturated heterocycles. The number of phenolic OH excluding ortho intramolecular Hbond substituents is 1. The molecule has 7 nitrogen and oxygen atoms in total. The van der Waals surface area contributed by atoms with Gasteiger partial charge in [-0.2, -0.15) is 8.78 Å². The lowest BCUT2D eigenvalue weighted by Crippen LogP contribution is -2.32.